The lowest BCUT2D eigenvalue weighted by molar-refractivity contribution is 0.109. The van der Waals surface area contributed by atoms with Crippen molar-refractivity contribution in [3.05, 3.63) is 17.0 Å². The van der Waals surface area contributed by atoms with Crippen LogP contribution in [0.25, 0.3) is 0 Å². The first-order chi connectivity index (χ1) is 7.93. The minimum atomic E-state index is 0.692. The van der Waals surface area contributed by atoms with Crippen molar-refractivity contribution >= 4 is 0 Å². The van der Waals surface area contributed by atoms with Gasteiger partial charge in [-0.15, -0.1) is 0 Å². The van der Waals surface area contributed by atoms with E-state index in [1.165, 1.54) is 24.9 Å². The third kappa shape index (κ3) is 1.99. The summed E-state index contributed by atoms with van der Waals surface area (Å²) in [5.74, 6) is 1.87. The molecule has 0 amide bonds. The van der Waals surface area contributed by atoms with E-state index in [0.717, 1.165) is 43.4 Å². The first-order valence-electron chi connectivity index (χ1n) is 6.18. The summed E-state index contributed by atoms with van der Waals surface area (Å²) in [7, 11) is 0. The molecule has 1 saturated heterocycles. The maximum Gasteiger partial charge on any atom is 0.142 e. The summed E-state index contributed by atoms with van der Waals surface area (Å²) in [5, 5.41) is 7.53. The topological polar surface area (TPSA) is 47.3 Å². The minimum Gasteiger partial charge on any atom is -0.376 e. The van der Waals surface area contributed by atoms with Crippen LogP contribution in [0.5, 0.6) is 0 Å². The van der Waals surface area contributed by atoms with E-state index in [9.17, 15) is 0 Å². The maximum atomic E-state index is 5.45. The number of aryl methyl sites for hydroxylation is 1. The summed E-state index contributed by atoms with van der Waals surface area (Å²) < 4.78 is 10.9. The molecule has 4 nitrogen and oxygen atoms in total. The Morgan fingerprint density at radius 2 is 2.44 bits per heavy atom. The zero-order chi connectivity index (χ0) is 10.8. The summed E-state index contributed by atoms with van der Waals surface area (Å²) >= 11 is 0. The number of rotatable bonds is 3. The van der Waals surface area contributed by atoms with Crippen LogP contribution in [0.2, 0.25) is 0 Å². The minimum absolute atomic E-state index is 0.692. The summed E-state index contributed by atoms with van der Waals surface area (Å²) in [4.78, 5) is 0. The normalized spacial score (nSPS) is 24.6. The second kappa shape index (κ2) is 4.55. The molecule has 3 rings (SSSR count). The van der Waals surface area contributed by atoms with Gasteiger partial charge in [0.1, 0.15) is 5.76 Å². The highest BCUT2D eigenvalue weighted by Gasteiger charge is 2.21. The molecular weight excluding hydrogens is 204 g/mol. The second-order valence-corrected chi connectivity index (χ2v) is 4.73. The fourth-order valence-corrected chi connectivity index (χ4v) is 2.58. The van der Waals surface area contributed by atoms with Crippen LogP contribution in [0.1, 0.15) is 29.9 Å². The first-order valence-corrected chi connectivity index (χ1v) is 6.18. The molecule has 4 heteroatoms. The van der Waals surface area contributed by atoms with Gasteiger partial charge in [-0.2, -0.15) is 0 Å². The molecule has 1 unspecified atom stereocenters. The van der Waals surface area contributed by atoms with Crippen LogP contribution in [0.4, 0.5) is 0 Å². The molecule has 88 valence electrons. The predicted octanol–water partition coefficient (Wildman–Crippen LogP) is 1.29. The Morgan fingerprint density at radius 3 is 3.31 bits per heavy atom. The Morgan fingerprint density at radius 1 is 1.44 bits per heavy atom. The lowest BCUT2D eigenvalue weighted by Gasteiger charge is -2.11. The third-order valence-corrected chi connectivity index (χ3v) is 3.62. The zero-order valence-electron chi connectivity index (χ0n) is 9.50. The number of hydrogen-bond donors (Lipinski definition) is 1. The zero-order valence-corrected chi connectivity index (χ0v) is 9.50. The van der Waals surface area contributed by atoms with Crippen molar-refractivity contribution in [2.75, 3.05) is 19.7 Å². The van der Waals surface area contributed by atoms with Gasteiger partial charge in [-0.3, -0.25) is 0 Å². The van der Waals surface area contributed by atoms with Crippen LogP contribution >= 0.6 is 0 Å². The van der Waals surface area contributed by atoms with Gasteiger partial charge < -0.3 is 14.6 Å². The van der Waals surface area contributed by atoms with Crippen LogP contribution < -0.4 is 5.32 Å². The van der Waals surface area contributed by atoms with E-state index in [0.29, 0.717) is 6.61 Å². The fraction of sp³-hybridized carbons (Fsp3) is 0.750. The van der Waals surface area contributed by atoms with Crippen LogP contribution in [0, 0.1) is 5.92 Å². The monoisotopic (exact) mass is 222 g/mol. The van der Waals surface area contributed by atoms with E-state index in [1.54, 1.807) is 0 Å². The Bertz CT molecular complexity index is 356. The van der Waals surface area contributed by atoms with Gasteiger partial charge in [0, 0.05) is 18.4 Å². The van der Waals surface area contributed by atoms with Crippen molar-refractivity contribution < 1.29 is 9.26 Å². The number of hydrogen-bond acceptors (Lipinski definition) is 4. The van der Waals surface area contributed by atoms with Crippen LogP contribution in [-0.4, -0.2) is 24.9 Å². The Kier molecular flexibility index (Phi) is 2.93. The molecule has 0 aliphatic carbocycles. The fourth-order valence-electron chi connectivity index (χ4n) is 2.58. The number of aromatic nitrogens is 1. The van der Waals surface area contributed by atoms with Gasteiger partial charge in [0.25, 0.3) is 0 Å². The molecule has 1 aromatic rings. The lowest BCUT2D eigenvalue weighted by Crippen LogP contribution is -2.11. The molecule has 0 radical (unpaired) electrons. The molecule has 2 aliphatic heterocycles. The van der Waals surface area contributed by atoms with Crippen molar-refractivity contribution in [3.8, 4) is 0 Å². The molecule has 2 aliphatic rings. The first kappa shape index (κ1) is 10.3. The molecule has 0 spiro atoms. The number of ether oxygens (including phenoxy) is 1. The van der Waals surface area contributed by atoms with E-state index in [-0.39, 0.29) is 0 Å². The molecule has 16 heavy (non-hydrogen) atoms. The van der Waals surface area contributed by atoms with Gasteiger partial charge in [-0.05, 0) is 31.8 Å². The standard InChI is InChI=1S/C12H18N2O2/c1(9-3-5-13-7-9)2-12-10-8-15-6-4-11(10)14-16-12/h9,13H,1-8H2. The molecule has 0 saturated carbocycles. The van der Waals surface area contributed by atoms with Gasteiger partial charge in [0.05, 0.1) is 18.9 Å². The summed E-state index contributed by atoms with van der Waals surface area (Å²) in [5.41, 5.74) is 2.34. The lowest BCUT2D eigenvalue weighted by atomic mass is 9.99. The predicted molar refractivity (Wildman–Crippen MR) is 59.2 cm³/mol. The molecular formula is C12H18N2O2. The van der Waals surface area contributed by atoms with Crippen LogP contribution in [0.3, 0.4) is 0 Å². The number of nitrogens with zero attached hydrogens (tertiary/aromatic N) is 1. The van der Waals surface area contributed by atoms with E-state index in [1.807, 2.05) is 0 Å². The van der Waals surface area contributed by atoms with Crippen LogP contribution in [0.15, 0.2) is 4.52 Å². The highest BCUT2D eigenvalue weighted by molar-refractivity contribution is 5.24. The molecule has 0 aromatic carbocycles. The Labute approximate surface area is 95.3 Å². The van der Waals surface area contributed by atoms with Crippen molar-refractivity contribution in [2.24, 2.45) is 5.92 Å². The quantitative estimate of drug-likeness (QED) is 0.837. The average Bonchev–Trinajstić information content (AvgIpc) is 2.96. The second-order valence-electron chi connectivity index (χ2n) is 4.73. The summed E-state index contributed by atoms with van der Waals surface area (Å²) in [6.07, 6.45) is 4.42. The molecule has 1 N–H and O–H groups in total. The third-order valence-electron chi connectivity index (χ3n) is 3.62. The average molecular weight is 222 g/mol. The van der Waals surface area contributed by atoms with Gasteiger partial charge in [0.15, 0.2) is 0 Å². The van der Waals surface area contributed by atoms with Crippen molar-refractivity contribution in [3.63, 3.8) is 0 Å². The van der Waals surface area contributed by atoms with Gasteiger partial charge in [0.2, 0.25) is 0 Å². The van der Waals surface area contributed by atoms with Crippen molar-refractivity contribution in [1.29, 1.82) is 0 Å². The Hall–Kier alpha value is -0.870. The highest BCUT2D eigenvalue weighted by atomic mass is 16.5. The molecule has 1 aromatic heterocycles. The summed E-state index contributed by atoms with van der Waals surface area (Å²) in [6.45, 7) is 3.80. The van der Waals surface area contributed by atoms with E-state index >= 15 is 0 Å². The molecule has 0 bridgehead atoms. The highest BCUT2D eigenvalue weighted by Crippen LogP contribution is 2.23. The largest absolute Gasteiger partial charge is 0.376 e. The van der Waals surface area contributed by atoms with E-state index in [2.05, 4.69) is 10.5 Å². The smallest absolute Gasteiger partial charge is 0.142 e. The van der Waals surface area contributed by atoms with Gasteiger partial charge >= 0.3 is 0 Å². The number of nitrogens with one attached hydrogen (secondary N) is 1. The van der Waals surface area contributed by atoms with Crippen molar-refractivity contribution in [2.45, 2.75) is 32.3 Å². The maximum absolute atomic E-state index is 5.45. The molecule has 1 fully saturated rings. The van der Waals surface area contributed by atoms with Crippen molar-refractivity contribution in [1.82, 2.24) is 10.5 Å². The van der Waals surface area contributed by atoms with E-state index < -0.39 is 0 Å². The van der Waals surface area contributed by atoms with Gasteiger partial charge in [-0.25, -0.2) is 0 Å². The number of fused-ring (bicyclic) bond motifs is 1. The SMILES string of the molecule is C1CC(CCc2onc3c2COCC3)CN1. The Balaban J connectivity index is 1.63. The van der Waals surface area contributed by atoms with Crippen LogP contribution in [-0.2, 0) is 24.2 Å². The molecule has 1 atom stereocenters. The summed E-state index contributed by atoms with van der Waals surface area (Å²) in [6, 6.07) is 0. The van der Waals surface area contributed by atoms with Gasteiger partial charge in [-0.1, -0.05) is 5.16 Å². The molecule has 3 heterocycles. The van der Waals surface area contributed by atoms with E-state index in [4.69, 9.17) is 9.26 Å².